The van der Waals surface area contributed by atoms with Crippen molar-refractivity contribution in [3.05, 3.63) is 30.2 Å². The molecule has 2 rings (SSSR count). The Kier molecular flexibility index (Phi) is 3.97. The Hall–Kier alpha value is -1.84. The first-order chi connectivity index (χ1) is 8.74. The lowest BCUT2D eigenvalue weighted by Gasteiger charge is -1.95. The third kappa shape index (κ3) is 2.53. The van der Waals surface area contributed by atoms with Crippen LogP contribution in [0.25, 0.3) is 11.1 Å². The van der Waals surface area contributed by atoms with Crippen molar-refractivity contribution in [2.24, 2.45) is 0 Å². The Balaban J connectivity index is 2.27. The Labute approximate surface area is 106 Å². The molecule has 1 N–H and O–H groups in total. The summed E-state index contributed by atoms with van der Waals surface area (Å²) in [6.45, 7) is 2.85. The summed E-state index contributed by atoms with van der Waals surface area (Å²) < 4.78 is 7.14. The van der Waals surface area contributed by atoms with E-state index in [1.54, 1.807) is 10.6 Å². The molecule has 0 unspecified atom stereocenters. The molecular weight excluding hydrogens is 230 g/mol. The number of carboxylic acids is 1. The molecule has 4 heteroatoms. The predicted octanol–water partition coefficient (Wildman–Crippen LogP) is 3.00. The van der Waals surface area contributed by atoms with Crippen LogP contribution < -0.4 is 4.57 Å². The average Bonchev–Trinajstić information content (AvgIpc) is 2.74. The van der Waals surface area contributed by atoms with Crippen LogP contribution in [0.2, 0.25) is 0 Å². The molecule has 1 heterocycles. The minimum absolute atomic E-state index is 0.0210. The van der Waals surface area contributed by atoms with Gasteiger partial charge in [0, 0.05) is 12.5 Å². The number of carboxylic acid groups (broad SMARTS) is 1. The molecular formula is C14H18NO3+. The van der Waals surface area contributed by atoms with Gasteiger partial charge in [-0.25, -0.2) is 4.79 Å². The maximum atomic E-state index is 11.2. The van der Waals surface area contributed by atoms with Gasteiger partial charge in [0.2, 0.25) is 5.58 Å². The number of aromatic nitrogens is 1. The monoisotopic (exact) mass is 248 g/mol. The van der Waals surface area contributed by atoms with Gasteiger partial charge in [-0.1, -0.05) is 31.9 Å². The molecule has 0 amide bonds. The first-order valence-electron chi connectivity index (χ1n) is 6.38. The number of rotatable bonds is 6. The van der Waals surface area contributed by atoms with E-state index < -0.39 is 5.97 Å². The first kappa shape index (κ1) is 12.6. The molecule has 0 bridgehead atoms. The SMILES string of the molecule is CCCCCC[n+]1c(C(=O)O)oc2ccccc21. The number of unbranched alkanes of at least 4 members (excludes halogenated alkanes) is 3. The number of hydrogen-bond donors (Lipinski definition) is 1. The van der Waals surface area contributed by atoms with Crippen molar-refractivity contribution in [2.45, 2.75) is 39.2 Å². The smallest absolute Gasteiger partial charge is 0.462 e. The van der Waals surface area contributed by atoms with E-state index in [0.717, 1.165) is 18.4 Å². The molecule has 18 heavy (non-hydrogen) atoms. The van der Waals surface area contributed by atoms with Crippen molar-refractivity contribution in [2.75, 3.05) is 0 Å². The first-order valence-corrected chi connectivity index (χ1v) is 6.38. The zero-order valence-electron chi connectivity index (χ0n) is 10.6. The molecule has 1 aromatic carbocycles. The Morgan fingerprint density at radius 1 is 1.28 bits per heavy atom. The number of hydrogen-bond acceptors (Lipinski definition) is 2. The van der Waals surface area contributed by atoms with Gasteiger partial charge in [-0.2, -0.15) is 4.57 Å². The molecule has 0 atom stereocenters. The van der Waals surface area contributed by atoms with Crippen molar-refractivity contribution in [3.63, 3.8) is 0 Å². The lowest BCUT2D eigenvalue weighted by Crippen LogP contribution is -2.38. The number of aryl methyl sites for hydroxylation is 1. The van der Waals surface area contributed by atoms with Crippen LogP contribution in [-0.4, -0.2) is 11.1 Å². The molecule has 4 nitrogen and oxygen atoms in total. The second-order valence-electron chi connectivity index (χ2n) is 4.39. The molecule has 0 aliphatic carbocycles. The Morgan fingerprint density at radius 2 is 2.06 bits per heavy atom. The minimum atomic E-state index is -1.01. The second kappa shape index (κ2) is 5.67. The number of oxazole rings is 1. The summed E-state index contributed by atoms with van der Waals surface area (Å²) in [5.74, 6) is -0.991. The molecule has 0 aliphatic rings. The quantitative estimate of drug-likeness (QED) is 0.631. The van der Waals surface area contributed by atoms with Crippen LogP contribution >= 0.6 is 0 Å². The largest absolute Gasteiger partial charge is 0.471 e. The number of para-hydroxylation sites is 2. The van der Waals surface area contributed by atoms with Gasteiger partial charge in [0.1, 0.15) is 0 Å². The lowest BCUT2D eigenvalue weighted by molar-refractivity contribution is -0.679. The average molecular weight is 248 g/mol. The summed E-state index contributed by atoms with van der Waals surface area (Å²) in [4.78, 5) is 11.2. The van der Waals surface area contributed by atoms with E-state index >= 15 is 0 Å². The molecule has 0 saturated heterocycles. The van der Waals surface area contributed by atoms with Crippen molar-refractivity contribution >= 4 is 17.1 Å². The Bertz CT molecular complexity index is 545. The van der Waals surface area contributed by atoms with Crippen molar-refractivity contribution in [1.29, 1.82) is 0 Å². The summed E-state index contributed by atoms with van der Waals surface area (Å²) in [6.07, 6.45) is 4.44. The normalized spacial score (nSPS) is 10.9. The van der Waals surface area contributed by atoms with Gasteiger partial charge in [0.25, 0.3) is 5.52 Å². The third-order valence-electron chi connectivity index (χ3n) is 3.03. The van der Waals surface area contributed by atoms with Crippen LogP contribution in [0.1, 0.15) is 43.3 Å². The predicted molar refractivity (Wildman–Crippen MR) is 67.5 cm³/mol. The minimum Gasteiger partial charge on any atom is -0.471 e. The van der Waals surface area contributed by atoms with Gasteiger partial charge in [-0.3, -0.25) is 0 Å². The highest BCUT2D eigenvalue weighted by Crippen LogP contribution is 2.14. The number of benzene rings is 1. The second-order valence-corrected chi connectivity index (χ2v) is 4.39. The van der Waals surface area contributed by atoms with Gasteiger partial charge >= 0.3 is 11.9 Å². The third-order valence-corrected chi connectivity index (χ3v) is 3.03. The molecule has 0 saturated carbocycles. The van der Waals surface area contributed by atoms with E-state index in [2.05, 4.69) is 6.92 Å². The number of aromatic carboxylic acids is 1. The zero-order chi connectivity index (χ0) is 13.0. The van der Waals surface area contributed by atoms with Crippen LogP contribution in [0.4, 0.5) is 0 Å². The van der Waals surface area contributed by atoms with Crippen molar-refractivity contribution in [1.82, 2.24) is 0 Å². The highest BCUT2D eigenvalue weighted by atomic mass is 16.4. The molecule has 0 fully saturated rings. The number of fused-ring (bicyclic) bond motifs is 1. The molecule has 96 valence electrons. The van der Waals surface area contributed by atoms with E-state index in [4.69, 9.17) is 9.52 Å². The summed E-state index contributed by atoms with van der Waals surface area (Å²) in [5.41, 5.74) is 1.48. The van der Waals surface area contributed by atoms with Gasteiger partial charge in [0.05, 0.1) is 0 Å². The molecule has 0 aliphatic heterocycles. The number of nitrogens with zero attached hydrogens (tertiary/aromatic N) is 1. The van der Waals surface area contributed by atoms with Crippen LogP contribution in [0, 0.1) is 0 Å². The van der Waals surface area contributed by atoms with Gasteiger partial charge in [-0.15, -0.1) is 0 Å². The lowest BCUT2D eigenvalue weighted by atomic mass is 10.2. The van der Waals surface area contributed by atoms with Crippen LogP contribution in [0.5, 0.6) is 0 Å². The van der Waals surface area contributed by atoms with E-state index in [9.17, 15) is 4.79 Å². The van der Waals surface area contributed by atoms with Crippen molar-refractivity contribution in [3.8, 4) is 0 Å². The van der Waals surface area contributed by atoms with Gasteiger partial charge < -0.3 is 9.52 Å². The van der Waals surface area contributed by atoms with Crippen molar-refractivity contribution < 1.29 is 18.9 Å². The number of carbonyl (C=O) groups is 1. The topological polar surface area (TPSA) is 54.3 Å². The fourth-order valence-electron chi connectivity index (χ4n) is 2.11. The summed E-state index contributed by atoms with van der Waals surface area (Å²) in [7, 11) is 0. The van der Waals surface area contributed by atoms with Crippen LogP contribution in [-0.2, 0) is 6.54 Å². The van der Waals surface area contributed by atoms with E-state index in [1.807, 2.05) is 18.2 Å². The van der Waals surface area contributed by atoms with E-state index in [-0.39, 0.29) is 5.89 Å². The summed E-state index contributed by atoms with van der Waals surface area (Å²) in [5, 5.41) is 9.15. The molecule has 1 aromatic heterocycles. The summed E-state index contributed by atoms with van der Waals surface area (Å²) in [6, 6.07) is 7.43. The standard InChI is InChI=1S/C14H17NO3/c1-2-3-4-7-10-15-11-8-5-6-9-12(11)18-13(15)14(16)17/h5-6,8-9H,2-4,7,10H2,1H3/p+1. The van der Waals surface area contributed by atoms with Gasteiger partial charge in [0.15, 0.2) is 6.54 Å². The van der Waals surface area contributed by atoms with E-state index in [1.165, 1.54) is 12.8 Å². The maximum absolute atomic E-state index is 11.2. The Morgan fingerprint density at radius 3 is 2.78 bits per heavy atom. The van der Waals surface area contributed by atoms with Crippen LogP contribution in [0.15, 0.2) is 28.7 Å². The van der Waals surface area contributed by atoms with Crippen LogP contribution in [0.3, 0.4) is 0 Å². The molecule has 0 radical (unpaired) electrons. The van der Waals surface area contributed by atoms with E-state index in [0.29, 0.717) is 12.1 Å². The van der Waals surface area contributed by atoms with Gasteiger partial charge in [-0.05, 0) is 12.5 Å². The summed E-state index contributed by atoms with van der Waals surface area (Å²) >= 11 is 0. The zero-order valence-corrected chi connectivity index (χ0v) is 10.6. The highest BCUT2D eigenvalue weighted by Gasteiger charge is 2.27. The highest BCUT2D eigenvalue weighted by molar-refractivity contribution is 5.83. The molecule has 2 aromatic rings. The molecule has 0 spiro atoms. The fraction of sp³-hybridized carbons (Fsp3) is 0.429. The fourth-order valence-corrected chi connectivity index (χ4v) is 2.11. The maximum Gasteiger partial charge on any atom is 0.462 e.